The number of hydrogen-bond donors (Lipinski definition) is 1. The van der Waals surface area contributed by atoms with E-state index in [-0.39, 0.29) is 0 Å². The van der Waals surface area contributed by atoms with Crippen LogP contribution in [0.4, 0.5) is 0 Å². The minimum absolute atomic E-state index is 0.919. The van der Waals surface area contributed by atoms with Crippen LogP contribution in [0.25, 0.3) is 4.91 Å². The van der Waals surface area contributed by atoms with Crippen molar-refractivity contribution in [3.8, 4) is 0 Å². The Bertz CT molecular complexity index is 351. The lowest BCUT2D eigenvalue weighted by molar-refractivity contribution is 1.13. The molecule has 1 aromatic carbocycles. The highest BCUT2D eigenvalue weighted by Crippen LogP contribution is 2.31. The lowest BCUT2D eigenvalue weighted by atomic mass is 10.0. The van der Waals surface area contributed by atoms with E-state index in [0.29, 0.717) is 0 Å². The Morgan fingerprint density at radius 1 is 1.27 bits per heavy atom. The van der Waals surface area contributed by atoms with Gasteiger partial charge in [-0.3, -0.25) is 0 Å². The van der Waals surface area contributed by atoms with E-state index in [0.717, 1.165) is 17.9 Å². The van der Waals surface area contributed by atoms with Crippen LogP contribution >= 0.6 is 11.8 Å². The molecule has 1 rings (SSSR count). The second-order valence-electron chi connectivity index (χ2n) is 3.46. The Labute approximate surface area is 96.8 Å². The van der Waals surface area contributed by atoms with E-state index in [9.17, 15) is 0 Å². The lowest BCUT2D eigenvalue weighted by Crippen LogP contribution is -1.98. The normalized spacial score (nSPS) is 12.5. The fraction of sp³-hybridized carbons (Fsp3) is 0.385. The number of nitrogens with two attached hydrogens (primary N) is 1. The molecule has 0 amide bonds. The summed E-state index contributed by atoms with van der Waals surface area (Å²) in [4.78, 5) is 1.23. The van der Waals surface area contributed by atoms with Gasteiger partial charge in [-0.25, -0.2) is 0 Å². The van der Waals surface area contributed by atoms with Gasteiger partial charge in [-0.15, -0.1) is 11.8 Å². The first-order valence-electron chi connectivity index (χ1n) is 5.38. The van der Waals surface area contributed by atoms with Crippen LogP contribution < -0.4 is 5.73 Å². The van der Waals surface area contributed by atoms with Crippen LogP contribution in [0.2, 0.25) is 0 Å². The Hall–Kier alpha value is -0.890. The summed E-state index contributed by atoms with van der Waals surface area (Å²) in [7, 11) is 0. The smallest absolute Gasteiger partial charge is 0.0332 e. The van der Waals surface area contributed by atoms with Gasteiger partial charge in [-0.05, 0) is 30.2 Å². The van der Waals surface area contributed by atoms with Crippen LogP contribution in [0.3, 0.4) is 0 Å². The third-order valence-corrected chi connectivity index (χ3v) is 3.41. The number of thioether (sulfide) groups is 1. The quantitative estimate of drug-likeness (QED) is 0.840. The molecule has 82 valence electrons. The SMILES string of the molecule is CCS/C(=C(/C)N)c1ccccc1CC. The van der Waals surface area contributed by atoms with Gasteiger partial charge in [0.2, 0.25) is 0 Å². The summed E-state index contributed by atoms with van der Waals surface area (Å²) in [6.45, 7) is 6.31. The summed E-state index contributed by atoms with van der Waals surface area (Å²) in [6, 6.07) is 8.50. The summed E-state index contributed by atoms with van der Waals surface area (Å²) >= 11 is 1.82. The van der Waals surface area contributed by atoms with Crippen LogP contribution in [-0.4, -0.2) is 5.75 Å². The average Bonchev–Trinajstić information content (AvgIpc) is 2.25. The molecule has 0 saturated carbocycles. The largest absolute Gasteiger partial charge is 0.401 e. The zero-order valence-electron chi connectivity index (χ0n) is 9.71. The Balaban J connectivity index is 3.17. The van der Waals surface area contributed by atoms with Crippen LogP contribution in [0.5, 0.6) is 0 Å². The van der Waals surface area contributed by atoms with E-state index in [1.807, 2.05) is 18.7 Å². The van der Waals surface area contributed by atoms with E-state index in [2.05, 4.69) is 38.1 Å². The topological polar surface area (TPSA) is 26.0 Å². The average molecular weight is 221 g/mol. The van der Waals surface area contributed by atoms with E-state index >= 15 is 0 Å². The van der Waals surface area contributed by atoms with E-state index in [1.54, 1.807) is 0 Å². The Morgan fingerprint density at radius 2 is 1.93 bits per heavy atom. The maximum Gasteiger partial charge on any atom is 0.0332 e. The zero-order valence-corrected chi connectivity index (χ0v) is 10.5. The predicted molar refractivity (Wildman–Crippen MR) is 70.7 cm³/mol. The molecule has 0 aliphatic rings. The van der Waals surface area contributed by atoms with Gasteiger partial charge in [0.25, 0.3) is 0 Å². The van der Waals surface area contributed by atoms with Gasteiger partial charge in [-0.2, -0.15) is 0 Å². The van der Waals surface area contributed by atoms with Crippen molar-refractivity contribution < 1.29 is 0 Å². The van der Waals surface area contributed by atoms with Gasteiger partial charge < -0.3 is 5.73 Å². The fourth-order valence-corrected chi connectivity index (χ4v) is 2.47. The summed E-state index contributed by atoms with van der Waals surface area (Å²) < 4.78 is 0. The molecule has 0 fully saturated rings. The standard InChI is InChI=1S/C13H19NS/c1-4-11-8-6-7-9-12(11)13(10(3)14)15-5-2/h6-9H,4-5,14H2,1-3H3/b13-10-. The number of aryl methyl sites for hydroxylation is 1. The molecule has 15 heavy (non-hydrogen) atoms. The second-order valence-corrected chi connectivity index (χ2v) is 4.73. The molecule has 0 aliphatic heterocycles. The minimum atomic E-state index is 0.919. The van der Waals surface area contributed by atoms with Crippen LogP contribution in [0, 0.1) is 0 Å². The third-order valence-electron chi connectivity index (χ3n) is 2.29. The summed E-state index contributed by atoms with van der Waals surface area (Å²) in [5, 5.41) is 0. The van der Waals surface area contributed by atoms with Gasteiger partial charge in [0, 0.05) is 10.6 Å². The molecule has 0 radical (unpaired) electrons. The van der Waals surface area contributed by atoms with Gasteiger partial charge >= 0.3 is 0 Å². The molecule has 0 aliphatic carbocycles. The van der Waals surface area contributed by atoms with Crippen molar-refractivity contribution in [3.63, 3.8) is 0 Å². The zero-order chi connectivity index (χ0) is 11.3. The minimum Gasteiger partial charge on any atom is -0.401 e. The predicted octanol–water partition coefficient (Wildman–Crippen LogP) is 3.65. The number of rotatable bonds is 4. The maximum atomic E-state index is 5.94. The van der Waals surface area contributed by atoms with Gasteiger partial charge in [0.15, 0.2) is 0 Å². The molecule has 0 bridgehead atoms. The van der Waals surface area contributed by atoms with Gasteiger partial charge in [-0.1, -0.05) is 38.1 Å². The highest BCUT2D eigenvalue weighted by Gasteiger charge is 2.07. The maximum absolute atomic E-state index is 5.94. The summed E-state index contributed by atoms with van der Waals surface area (Å²) in [5.74, 6) is 1.06. The number of benzene rings is 1. The summed E-state index contributed by atoms with van der Waals surface area (Å²) in [6.07, 6.45) is 1.05. The van der Waals surface area contributed by atoms with Crippen molar-refractivity contribution in [2.75, 3.05) is 5.75 Å². The molecule has 1 nitrogen and oxygen atoms in total. The van der Waals surface area contributed by atoms with Crippen LogP contribution in [-0.2, 0) is 6.42 Å². The Kier molecular flexibility index (Phi) is 4.76. The lowest BCUT2D eigenvalue weighted by Gasteiger charge is -2.12. The van der Waals surface area contributed by atoms with Crippen molar-refractivity contribution in [3.05, 3.63) is 41.1 Å². The molecular weight excluding hydrogens is 202 g/mol. The second kappa shape index (κ2) is 5.86. The molecular formula is C13H19NS. The van der Waals surface area contributed by atoms with Crippen molar-refractivity contribution >= 4 is 16.7 Å². The van der Waals surface area contributed by atoms with Gasteiger partial charge in [0.1, 0.15) is 0 Å². The summed E-state index contributed by atoms with van der Waals surface area (Å²) in [5.41, 5.74) is 9.53. The highest BCUT2D eigenvalue weighted by molar-refractivity contribution is 8.08. The van der Waals surface area contributed by atoms with Crippen molar-refractivity contribution in [2.45, 2.75) is 27.2 Å². The third kappa shape index (κ3) is 3.03. The monoisotopic (exact) mass is 221 g/mol. The van der Waals surface area contributed by atoms with Crippen LogP contribution in [0.1, 0.15) is 31.9 Å². The molecule has 0 saturated heterocycles. The molecule has 1 aromatic rings. The number of allylic oxidation sites excluding steroid dienone is 1. The highest BCUT2D eigenvalue weighted by atomic mass is 32.2. The molecule has 0 aromatic heterocycles. The molecule has 2 heteroatoms. The molecule has 0 unspecified atom stereocenters. The van der Waals surface area contributed by atoms with Crippen LogP contribution in [0.15, 0.2) is 30.0 Å². The Morgan fingerprint density at radius 3 is 2.47 bits per heavy atom. The van der Waals surface area contributed by atoms with Gasteiger partial charge in [0.05, 0.1) is 0 Å². The first kappa shape index (κ1) is 12.2. The van der Waals surface area contributed by atoms with Crippen molar-refractivity contribution in [1.82, 2.24) is 0 Å². The molecule has 0 heterocycles. The molecule has 0 spiro atoms. The molecule has 0 atom stereocenters. The van der Waals surface area contributed by atoms with E-state index in [4.69, 9.17) is 5.73 Å². The van der Waals surface area contributed by atoms with E-state index in [1.165, 1.54) is 16.0 Å². The number of hydrogen-bond acceptors (Lipinski definition) is 2. The van der Waals surface area contributed by atoms with E-state index < -0.39 is 0 Å². The first-order valence-corrected chi connectivity index (χ1v) is 6.36. The first-order chi connectivity index (χ1) is 7.20. The van der Waals surface area contributed by atoms with Crippen molar-refractivity contribution in [1.29, 1.82) is 0 Å². The fourth-order valence-electron chi connectivity index (χ4n) is 1.60. The van der Waals surface area contributed by atoms with Crippen molar-refractivity contribution in [2.24, 2.45) is 5.73 Å². The molecule has 2 N–H and O–H groups in total.